The molecule has 3 aliphatic carbocycles. The SMILES string of the molecule is CN(C)[C@@H]1C(=O)C(C(N)=O)C(=O)[C@@]2(O)C(=O)C3C(=O)c4c(O)c(CC#N)cc(CNC(=O)N5CCOCC5)c4C[C@H]3C[C@@H]12. The van der Waals surface area contributed by atoms with Crippen LogP contribution in [0.15, 0.2) is 6.07 Å². The summed E-state index contributed by atoms with van der Waals surface area (Å²) >= 11 is 0. The molecule has 1 aliphatic heterocycles. The molecular formula is C29H33N5O9. The maximum atomic E-state index is 14.0. The molecule has 4 aliphatic rings. The smallest absolute Gasteiger partial charge is 0.317 e. The molecule has 1 saturated heterocycles. The van der Waals surface area contributed by atoms with Crippen molar-refractivity contribution in [1.29, 1.82) is 5.26 Å². The van der Waals surface area contributed by atoms with Gasteiger partial charge in [-0.25, -0.2) is 4.79 Å². The van der Waals surface area contributed by atoms with Crippen molar-refractivity contribution in [3.8, 4) is 11.8 Å². The number of hydrogen-bond donors (Lipinski definition) is 4. The van der Waals surface area contributed by atoms with E-state index in [9.17, 15) is 44.2 Å². The number of hydrogen-bond acceptors (Lipinski definition) is 11. The topological polar surface area (TPSA) is 220 Å². The lowest BCUT2D eigenvalue weighted by molar-refractivity contribution is -0.181. The minimum Gasteiger partial charge on any atom is -0.507 e. The molecule has 0 radical (unpaired) electrons. The van der Waals surface area contributed by atoms with Crippen LogP contribution in [0.2, 0.25) is 0 Å². The number of nitriles is 1. The van der Waals surface area contributed by atoms with Crippen LogP contribution in [-0.2, 0) is 43.3 Å². The van der Waals surface area contributed by atoms with Gasteiger partial charge in [0.1, 0.15) is 5.75 Å². The minimum atomic E-state index is -2.83. The zero-order valence-electron chi connectivity index (χ0n) is 23.8. The van der Waals surface area contributed by atoms with E-state index in [-0.39, 0.29) is 43.0 Å². The lowest BCUT2D eigenvalue weighted by atomic mass is 9.52. The van der Waals surface area contributed by atoms with Gasteiger partial charge in [0.2, 0.25) is 5.91 Å². The fraction of sp³-hybridized carbons (Fsp3) is 0.552. The van der Waals surface area contributed by atoms with Crippen molar-refractivity contribution in [2.24, 2.45) is 29.4 Å². The van der Waals surface area contributed by atoms with Crippen LogP contribution < -0.4 is 11.1 Å². The van der Waals surface area contributed by atoms with E-state index in [2.05, 4.69) is 5.32 Å². The number of Topliss-reactive ketones (excluding diaryl/α,β-unsaturated/α-hetero) is 4. The number of ketones is 4. The average molecular weight is 596 g/mol. The highest BCUT2D eigenvalue weighted by molar-refractivity contribution is 6.32. The number of amides is 3. The van der Waals surface area contributed by atoms with Crippen molar-refractivity contribution < 1.29 is 43.7 Å². The molecular weight excluding hydrogens is 562 g/mol. The van der Waals surface area contributed by atoms with E-state index in [4.69, 9.17) is 10.5 Å². The fourth-order valence-corrected chi connectivity index (χ4v) is 7.24. The number of carbonyl (C=O) groups excluding carboxylic acids is 6. The highest BCUT2D eigenvalue weighted by atomic mass is 16.5. The average Bonchev–Trinajstić information content (AvgIpc) is 2.95. The van der Waals surface area contributed by atoms with Crippen molar-refractivity contribution in [3.63, 3.8) is 0 Å². The third-order valence-electron chi connectivity index (χ3n) is 9.23. The Labute approximate surface area is 246 Å². The molecule has 0 aromatic heterocycles. The fourth-order valence-electron chi connectivity index (χ4n) is 7.24. The zero-order valence-corrected chi connectivity index (χ0v) is 23.8. The summed E-state index contributed by atoms with van der Waals surface area (Å²) in [5.41, 5.74) is 3.26. The van der Waals surface area contributed by atoms with E-state index in [1.54, 1.807) is 11.0 Å². The number of nitrogens with two attached hydrogens (primary N) is 1. The third kappa shape index (κ3) is 4.68. The number of rotatable bonds is 5. The van der Waals surface area contributed by atoms with E-state index >= 15 is 0 Å². The molecule has 5 N–H and O–H groups in total. The van der Waals surface area contributed by atoms with Crippen molar-refractivity contribution >= 4 is 35.1 Å². The molecule has 5 rings (SSSR count). The molecule has 2 saturated carbocycles. The quantitative estimate of drug-likeness (QED) is 0.286. The second kappa shape index (κ2) is 11.1. The van der Waals surface area contributed by atoms with Gasteiger partial charge < -0.3 is 30.9 Å². The predicted octanol–water partition coefficient (Wildman–Crippen LogP) is -1.53. The van der Waals surface area contributed by atoms with Gasteiger partial charge in [0.25, 0.3) is 0 Å². The van der Waals surface area contributed by atoms with E-state index in [0.29, 0.717) is 37.4 Å². The first-order valence-corrected chi connectivity index (χ1v) is 14.0. The summed E-state index contributed by atoms with van der Waals surface area (Å²) in [5.74, 6) is -11.6. The van der Waals surface area contributed by atoms with Crippen LogP contribution in [0.25, 0.3) is 0 Å². The van der Waals surface area contributed by atoms with Gasteiger partial charge in [-0.05, 0) is 50.0 Å². The molecule has 1 heterocycles. The Hall–Kier alpha value is -4.19. The van der Waals surface area contributed by atoms with Gasteiger partial charge in [-0.3, -0.25) is 28.9 Å². The first kappa shape index (κ1) is 30.3. The lowest BCUT2D eigenvalue weighted by Crippen LogP contribution is -2.74. The molecule has 0 bridgehead atoms. The van der Waals surface area contributed by atoms with Gasteiger partial charge in [-0.2, -0.15) is 5.26 Å². The Balaban J connectivity index is 1.56. The number of fused-ring (bicyclic) bond motifs is 3. The third-order valence-corrected chi connectivity index (χ3v) is 9.23. The molecule has 0 spiro atoms. The Morgan fingerprint density at radius 2 is 1.86 bits per heavy atom. The van der Waals surface area contributed by atoms with Crippen LogP contribution in [0.1, 0.15) is 33.5 Å². The Bertz CT molecular complexity index is 1480. The molecule has 1 aromatic carbocycles. The van der Waals surface area contributed by atoms with E-state index < -0.39 is 70.1 Å². The number of primary amides is 1. The predicted molar refractivity (Wildman–Crippen MR) is 145 cm³/mol. The number of phenols is 1. The number of nitrogens with one attached hydrogen (secondary N) is 1. The van der Waals surface area contributed by atoms with Crippen LogP contribution >= 0.6 is 0 Å². The van der Waals surface area contributed by atoms with E-state index in [1.165, 1.54) is 19.0 Å². The summed E-state index contributed by atoms with van der Waals surface area (Å²) in [7, 11) is 3.03. The Morgan fingerprint density at radius 1 is 1.19 bits per heavy atom. The van der Waals surface area contributed by atoms with Crippen LogP contribution in [-0.4, -0.2) is 107 Å². The molecule has 3 amide bonds. The number of nitrogens with zero attached hydrogens (tertiary/aromatic N) is 3. The first-order valence-electron chi connectivity index (χ1n) is 14.0. The number of benzene rings is 1. The summed E-state index contributed by atoms with van der Waals surface area (Å²) < 4.78 is 5.28. The molecule has 14 heteroatoms. The van der Waals surface area contributed by atoms with Crippen LogP contribution in [0.4, 0.5) is 4.79 Å². The second-order valence-corrected chi connectivity index (χ2v) is 11.8. The van der Waals surface area contributed by atoms with Gasteiger partial charge >= 0.3 is 6.03 Å². The molecule has 1 aromatic rings. The molecule has 2 unspecified atom stereocenters. The first-order chi connectivity index (χ1) is 20.3. The number of aliphatic hydroxyl groups is 1. The normalized spacial score (nSPS) is 30.3. The number of urea groups is 1. The van der Waals surface area contributed by atoms with Gasteiger partial charge in [0, 0.05) is 31.1 Å². The van der Waals surface area contributed by atoms with Gasteiger partial charge in [-0.1, -0.05) is 0 Å². The van der Waals surface area contributed by atoms with Crippen LogP contribution in [0, 0.1) is 35.0 Å². The zero-order chi connectivity index (χ0) is 31.4. The van der Waals surface area contributed by atoms with Crippen molar-refractivity contribution in [3.05, 3.63) is 28.3 Å². The highest BCUT2D eigenvalue weighted by Gasteiger charge is 2.69. The lowest BCUT2D eigenvalue weighted by Gasteiger charge is -2.52. The largest absolute Gasteiger partial charge is 0.507 e. The van der Waals surface area contributed by atoms with Gasteiger partial charge in [-0.15, -0.1) is 0 Å². The summed E-state index contributed by atoms with van der Waals surface area (Å²) in [6.45, 7) is 1.55. The molecule has 3 fully saturated rings. The van der Waals surface area contributed by atoms with Crippen molar-refractivity contribution in [2.45, 2.75) is 37.5 Å². The Kier molecular flexibility index (Phi) is 7.84. The molecule has 228 valence electrons. The maximum Gasteiger partial charge on any atom is 0.317 e. The number of morpholine rings is 1. The highest BCUT2D eigenvalue weighted by Crippen LogP contribution is 2.51. The minimum absolute atomic E-state index is 0.0409. The molecule has 14 nitrogen and oxygen atoms in total. The van der Waals surface area contributed by atoms with Gasteiger partial charge in [0.05, 0.1) is 43.2 Å². The maximum absolute atomic E-state index is 14.0. The van der Waals surface area contributed by atoms with Crippen LogP contribution in [0.3, 0.4) is 0 Å². The van der Waals surface area contributed by atoms with Crippen LogP contribution in [0.5, 0.6) is 5.75 Å². The number of ether oxygens (including phenoxy) is 1. The summed E-state index contributed by atoms with van der Waals surface area (Å²) in [6, 6.07) is 1.90. The van der Waals surface area contributed by atoms with Crippen molar-refractivity contribution in [2.75, 3.05) is 40.4 Å². The number of phenolic OH excluding ortho intramolecular Hbond substituents is 1. The number of aromatic hydroxyl groups is 1. The van der Waals surface area contributed by atoms with E-state index in [1.807, 2.05) is 6.07 Å². The summed E-state index contributed by atoms with van der Waals surface area (Å²) in [6.07, 6.45) is -0.310. The number of likely N-dealkylation sites (N-methyl/N-ethyl adjacent to an activating group) is 1. The molecule has 43 heavy (non-hydrogen) atoms. The second-order valence-electron chi connectivity index (χ2n) is 11.8. The standard InChI is InChI=1S/C29H33N5O9/c1-33(2)21-17-11-14-10-16-15(12-32-28(41)34-5-7-43-8-6-34)9-13(3-4-30)22(35)19(16)23(36)18(14)25(38)29(17,42)26(39)20(24(21)37)27(31)40/h9,14,17-18,20-21,35,42H,3,5-8,10-12H2,1-2H3,(H2,31,40)(H,32,41)/t14-,17-,18?,20?,21-,29-/m0/s1. The Morgan fingerprint density at radius 3 is 2.47 bits per heavy atom. The summed E-state index contributed by atoms with van der Waals surface area (Å²) in [4.78, 5) is 82.6. The van der Waals surface area contributed by atoms with E-state index in [0.717, 1.165) is 0 Å². The monoisotopic (exact) mass is 595 g/mol. The van der Waals surface area contributed by atoms with Crippen molar-refractivity contribution in [1.82, 2.24) is 15.1 Å². The molecule has 6 atom stereocenters. The van der Waals surface area contributed by atoms with Gasteiger partial charge in [0.15, 0.2) is 34.7 Å². The number of carbonyl (C=O) groups is 6. The summed E-state index contributed by atoms with van der Waals surface area (Å²) in [5, 5.41) is 35.0.